The van der Waals surface area contributed by atoms with Gasteiger partial charge in [-0.1, -0.05) is 12.1 Å². The van der Waals surface area contributed by atoms with Crippen molar-refractivity contribution in [2.75, 3.05) is 6.61 Å². The number of fused-ring (bicyclic) bond motifs is 1. The third-order valence-electron chi connectivity index (χ3n) is 2.32. The Kier molecular flexibility index (Phi) is 3.36. The van der Waals surface area contributed by atoms with Gasteiger partial charge in [-0.15, -0.1) is 11.3 Å². The van der Waals surface area contributed by atoms with Crippen LogP contribution in [0.15, 0.2) is 24.3 Å². The first-order chi connectivity index (χ1) is 7.33. The van der Waals surface area contributed by atoms with Crippen LogP contribution in [0.2, 0.25) is 0 Å². The summed E-state index contributed by atoms with van der Waals surface area (Å²) >= 11 is 1.79. The molecule has 3 heteroatoms. The van der Waals surface area contributed by atoms with E-state index in [4.69, 9.17) is 10.5 Å². The van der Waals surface area contributed by atoms with Gasteiger partial charge in [-0.3, -0.25) is 0 Å². The first kappa shape index (κ1) is 10.6. The van der Waals surface area contributed by atoms with Crippen LogP contribution in [0, 0.1) is 0 Å². The summed E-state index contributed by atoms with van der Waals surface area (Å²) in [5.41, 5.74) is 6.80. The molecule has 0 saturated carbocycles. The molecule has 0 amide bonds. The summed E-state index contributed by atoms with van der Waals surface area (Å²) in [4.78, 5) is 1.28. The molecule has 2 aromatic rings. The number of nitrogens with two attached hydrogens (primary N) is 1. The maximum Gasteiger partial charge on any atom is 0.0809 e. The van der Waals surface area contributed by atoms with E-state index in [0.29, 0.717) is 13.2 Å². The molecule has 0 saturated heterocycles. The predicted octanol–water partition coefficient (Wildman–Crippen LogP) is 2.90. The van der Waals surface area contributed by atoms with Crippen molar-refractivity contribution >= 4 is 21.4 Å². The Balaban J connectivity index is 2.29. The van der Waals surface area contributed by atoms with Crippen LogP contribution in [-0.4, -0.2) is 6.61 Å². The van der Waals surface area contributed by atoms with Crippen molar-refractivity contribution in [1.82, 2.24) is 0 Å². The van der Waals surface area contributed by atoms with E-state index in [9.17, 15) is 0 Å². The first-order valence-electron chi connectivity index (χ1n) is 5.12. The third kappa shape index (κ3) is 2.37. The topological polar surface area (TPSA) is 35.2 Å². The van der Waals surface area contributed by atoms with Gasteiger partial charge in [0.25, 0.3) is 0 Å². The van der Waals surface area contributed by atoms with Crippen LogP contribution in [0.4, 0.5) is 0 Å². The standard InChI is InChI=1S/C12H15NOS/c1-2-14-8-11-6-10-4-3-9(7-13)5-12(10)15-11/h3-6H,2,7-8,13H2,1H3. The number of benzene rings is 1. The van der Waals surface area contributed by atoms with Crippen LogP contribution in [-0.2, 0) is 17.9 Å². The Bertz CT molecular complexity index is 450. The molecule has 0 spiro atoms. The minimum absolute atomic E-state index is 0.606. The van der Waals surface area contributed by atoms with Gasteiger partial charge in [-0.05, 0) is 30.0 Å². The van der Waals surface area contributed by atoms with Crippen molar-refractivity contribution in [2.45, 2.75) is 20.1 Å². The summed E-state index contributed by atoms with van der Waals surface area (Å²) in [5.74, 6) is 0. The number of hydrogen-bond donors (Lipinski definition) is 1. The van der Waals surface area contributed by atoms with Crippen LogP contribution in [0.25, 0.3) is 10.1 Å². The molecule has 2 N–H and O–H groups in total. The summed E-state index contributed by atoms with van der Waals surface area (Å²) < 4.78 is 6.69. The molecule has 80 valence electrons. The normalized spacial score (nSPS) is 11.1. The van der Waals surface area contributed by atoms with Crippen molar-refractivity contribution in [3.8, 4) is 0 Å². The average molecular weight is 221 g/mol. The number of rotatable bonds is 4. The molecule has 2 rings (SSSR count). The number of hydrogen-bond acceptors (Lipinski definition) is 3. The molecule has 0 aliphatic carbocycles. The quantitative estimate of drug-likeness (QED) is 0.861. The molecule has 15 heavy (non-hydrogen) atoms. The SMILES string of the molecule is CCOCc1cc2ccc(CN)cc2s1. The molecule has 0 fully saturated rings. The highest BCUT2D eigenvalue weighted by molar-refractivity contribution is 7.19. The molecule has 0 radical (unpaired) electrons. The summed E-state index contributed by atoms with van der Waals surface area (Å²) in [6.45, 7) is 4.10. The maximum atomic E-state index is 5.61. The lowest BCUT2D eigenvalue weighted by molar-refractivity contribution is 0.136. The Hall–Kier alpha value is -0.900. The van der Waals surface area contributed by atoms with Crippen LogP contribution in [0.1, 0.15) is 17.4 Å². The van der Waals surface area contributed by atoms with Crippen molar-refractivity contribution in [3.05, 3.63) is 34.7 Å². The smallest absolute Gasteiger partial charge is 0.0809 e. The lowest BCUT2D eigenvalue weighted by atomic mass is 10.2. The molecule has 0 aliphatic heterocycles. The zero-order valence-electron chi connectivity index (χ0n) is 8.82. The number of thiophene rings is 1. The first-order valence-corrected chi connectivity index (χ1v) is 5.94. The fraction of sp³-hybridized carbons (Fsp3) is 0.333. The van der Waals surface area contributed by atoms with E-state index in [2.05, 4.69) is 24.3 Å². The molecular formula is C12H15NOS. The molecular weight excluding hydrogens is 206 g/mol. The van der Waals surface area contributed by atoms with Crippen LogP contribution < -0.4 is 5.73 Å². The van der Waals surface area contributed by atoms with Crippen molar-refractivity contribution in [1.29, 1.82) is 0 Å². The Labute approximate surface area is 93.7 Å². The van der Waals surface area contributed by atoms with Gasteiger partial charge in [0.05, 0.1) is 6.61 Å². The highest BCUT2D eigenvalue weighted by Crippen LogP contribution is 2.27. The molecule has 0 atom stereocenters. The van der Waals surface area contributed by atoms with Gasteiger partial charge in [0.2, 0.25) is 0 Å². The van der Waals surface area contributed by atoms with Gasteiger partial charge in [0, 0.05) is 22.7 Å². The van der Waals surface area contributed by atoms with Crippen molar-refractivity contribution in [2.24, 2.45) is 5.73 Å². The van der Waals surface area contributed by atoms with Gasteiger partial charge in [-0.25, -0.2) is 0 Å². The van der Waals surface area contributed by atoms with Crippen LogP contribution in [0.5, 0.6) is 0 Å². The van der Waals surface area contributed by atoms with Gasteiger partial charge in [0.1, 0.15) is 0 Å². The third-order valence-corrected chi connectivity index (χ3v) is 3.39. The van der Waals surface area contributed by atoms with Crippen LogP contribution in [0.3, 0.4) is 0 Å². The molecule has 0 bridgehead atoms. The highest BCUT2D eigenvalue weighted by Gasteiger charge is 2.02. The fourth-order valence-electron chi connectivity index (χ4n) is 1.53. The molecule has 0 unspecified atom stereocenters. The Morgan fingerprint density at radius 1 is 1.33 bits per heavy atom. The fourth-order valence-corrected chi connectivity index (χ4v) is 2.60. The van der Waals surface area contributed by atoms with Gasteiger partial charge in [0.15, 0.2) is 0 Å². The van der Waals surface area contributed by atoms with E-state index >= 15 is 0 Å². The zero-order valence-corrected chi connectivity index (χ0v) is 9.64. The highest BCUT2D eigenvalue weighted by atomic mass is 32.1. The monoisotopic (exact) mass is 221 g/mol. The minimum Gasteiger partial charge on any atom is -0.376 e. The number of ether oxygens (including phenoxy) is 1. The molecule has 1 aromatic carbocycles. The van der Waals surface area contributed by atoms with Gasteiger partial charge < -0.3 is 10.5 Å². The van der Waals surface area contributed by atoms with E-state index in [1.54, 1.807) is 11.3 Å². The average Bonchev–Trinajstić information content (AvgIpc) is 2.67. The summed E-state index contributed by atoms with van der Waals surface area (Å²) in [7, 11) is 0. The summed E-state index contributed by atoms with van der Waals surface area (Å²) in [6, 6.07) is 8.56. The lowest BCUT2D eigenvalue weighted by Gasteiger charge is -1.95. The van der Waals surface area contributed by atoms with Crippen LogP contribution >= 0.6 is 11.3 Å². The minimum atomic E-state index is 0.606. The molecule has 0 aliphatic rings. The molecule has 1 aromatic heterocycles. The molecule has 1 heterocycles. The lowest BCUT2D eigenvalue weighted by Crippen LogP contribution is -1.94. The summed E-state index contributed by atoms with van der Waals surface area (Å²) in [5, 5.41) is 1.28. The second-order valence-corrected chi connectivity index (χ2v) is 4.59. The van der Waals surface area contributed by atoms with E-state index in [1.807, 2.05) is 6.92 Å². The zero-order chi connectivity index (χ0) is 10.7. The van der Waals surface area contributed by atoms with E-state index in [-0.39, 0.29) is 0 Å². The largest absolute Gasteiger partial charge is 0.376 e. The second kappa shape index (κ2) is 4.75. The van der Waals surface area contributed by atoms with Gasteiger partial charge in [-0.2, -0.15) is 0 Å². The Morgan fingerprint density at radius 2 is 2.20 bits per heavy atom. The van der Waals surface area contributed by atoms with Gasteiger partial charge >= 0.3 is 0 Å². The van der Waals surface area contributed by atoms with E-state index in [0.717, 1.165) is 6.61 Å². The van der Waals surface area contributed by atoms with Crippen molar-refractivity contribution in [3.63, 3.8) is 0 Å². The van der Waals surface area contributed by atoms with E-state index in [1.165, 1.54) is 20.5 Å². The van der Waals surface area contributed by atoms with E-state index < -0.39 is 0 Å². The molecule has 2 nitrogen and oxygen atoms in total. The Morgan fingerprint density at radius 3 is 2.93 bits per heavy atom. The predicted molar refractivity (Wildman–Crippen MR) is 65.0 cm³/mol. The maximum absolute atomic E-state index is 5.61. The second-order valence-electron chi connectivity index (χ2n) is 3.43. The van der Waals surface area contributed by atoms with Crippen molar-refractivity contribution < 1.29 is 4.74 Å². The summed E-state index contributed by atoms with van der Waals surface area (Å²) in [6.07, 6.45) is 0.